The number of fused-ring (bicyclic) bond motifs is 1. The van der Waals surface area contributed by atoms with Crippen molar-refractivity contribution < 1.29 is 14.6 Å². The highest BCUT2D eigenvalue weighted by molar-refractivity contribution is 5.92. The molecule has 1 saturated heterocycles. The fourth-order valence-corrected chi connectivity index (χ4v) is 4.93. The summed E-state index contributed by atoms with van der Waals surface area (Å²) in [5.41, 5.74) is 6.95. The number of ether oxygens (including phenoxy) is 2. The number of aliphatic hydroxyl groups is 1. The van der Waals surface area contributed by atoms with Crippen molar-refractivity contribution in [2.45, 2.75) is 38.5 Å². The summed E-state index contributed by atoms with van der Waals surface area (Å²) < 4.78 is 11.0. The van der Waals surface area contributed by atoms with Gasteiger partial charge in [-0.1, -0.05) is 26.5 Å². The van der Waals surface area contributed by atoms with Gasteiger partial charge in [-0.3, -0.25) is 0 Å². The van der Waals surface area contributed by atoms with Crippen LogP contribution in [0.5, 0.6) is 11.5 Å². The molecule has 0 spiro atoms. The summed E-state index contributed by atoms with van der Waals surface area (Å²) in [6.07, 6.45) is 2.16. The predicted molar refractivity (Wildman–Crippen MR) is 131 cm³/mol. The molecule has 1 aliphatic rings. The molecule has 1 fully saturated rings. The summed E-state index contributed by atoms with van der Waals surface area (Å²) >= 11 is 0. The molecule has 5 heteroatoms. The maximum Gasteiger partial charge on any atom is 0.161 e. The zero-order valence-electron chi connectivity index (χ0n) is 19.6. The molecular weight excluding hydrogens is 400 g/mol. The highest BCUT2D eigenvalue weighted by Crippen LogP contribution is 2.40. The third kappa shape index (κ3) is 4.09. The second-order valence-corrected chi connectivity index (χ2v) is 8.93. The van der Waals surface area contributed by atoms with Gasteiger partial charge < -0.3 is 24.5 Å². The highest BCUT2D eigenvalue weighted by atomic mass is 16.5. The molecule has 4 rings (SSSR count). The minimum atomic E-state index is 0.0383. The van der Waals surface area contributed by atoms with Crippen molar-refractivity contribution in [3.05, 3.63) is 59.8 Å². The van der Waals surface area contributed by atoms with E-state index >= 15 is 0 Å². The smallest absolute Gasteiger partial charge is 0.161 e. The first-order chi connectivity index (χ1) is 15.5. The molecule has 0 bridgehead atoms. The van der Waals surface area contributed by atoms with E-state index in [4.69, 9.17) is 9.47 Å². The van der Waals surface area contributed by atoms with Gasteiger partial charge in [-0.2, -0.15) is 0 Å². The number of aromatic nitrogens is 1. The molecule has 1 aromatic heterocycles. The van der Waals surface area contributed by atoms with Crippen LogP contribution < -0.4 is 9.47 Å². The third-order valence-corrected chi connectivity index (χ3v) is 6.71. The first-order valence-electron chi connectivity index (χ1n) is 11.4. The van der Waals surface area contributed by atoms with Crippen molar-refractivity contribution in [2.75, 3.05) is 33.9 Å². The summed E-state index contributed by atoms with van der Waals surface area (Å²) in [5.74, 6) is 2.37. The Kier molecular flexibility index (Phi) is 6.47. The van der Waals surface area contributed by atoms with Gasteiger partial charge in [0, 0.05) is 35.3 Å². The molecule has 0 radical (unpaired) electrons. The van der Waals surface area contributed by atoms with Crippen molar-refractivity contribution >= 4 is 10.9 Å². The van der Waals surface area contributed by atoms with Gasteiger partial charge in [0.1, 0.15) is 0 Å². The van der Waals surface area contributed by atoms with Crippen molar-refractivity contribution in [1.82, 2.24) is 9.88 Å². The number of methoxy groups -OCH3 is 2. The Labute approximate surface area is 190 Å². The number of hydrogen-bond acceptors (Lipinski definition) is 4. The fourth-order valence-electron chi connectivity index (χ4n) is 4.93. The van der Waals surface area contributed by atoms with E-state index in [0.717, 1.165) is 59.9 Å². The molecule has 32 heavy (non-hydrogen) atoms. The van der Waals surface area contributed by atoms with Crippen LogP contribution in [0.4, 0.5) is 0 Å². The molecule has 0 amide bonds. The minimum Gasteiger partial charge on any atom is -0.493 e. The number of benzene rings is 2. The maximum atomic E-state index is 9.37. The number of rotatable bonds is 7. The number of H-pyrrole nitrogens is 1. The lowest BCUT2D eigenvalue weighted by atomic mass is 9.87. The largest absolute Gasteiger partial charge is 0.493 e. The first kappa shape index (κ1) is 22.3. The number of aliphatic hydroxyl groups excluding tert-OH is 1. The van der Waals surface area contributed by atoms with Crippen LogP contribution in [-0.4, -0.2) is 48.9 Å². The molecule has 170 valence electrons. The monoisotopic (exact) mass is 434 g/mol. The van der Waals surface area contributed by atoms with Gasteiger partial charge in [0.25, 0.3) is 0 Å². The van der Waals surface area contributed by atoms with Crippen LogP contribution in [0, 0.1) is 0 Å². The Bertz CT molecular complexity index is 1110. The second-order valence-electron chi connectivity index (χ2n) is 8.93. The number of nitrogens with one attached hydrogen (secondary N) is 1. The van der Waals surface area contributed by atoms with Gasteiger partial charge in [-0.25, -0.2) is 0 Å². The van der Waals surface area contributed by atoms with Crippen molar-refractivity contribution in [3.63, 3.8) is 0 Å². The summed E-state index contributed by atoms with van der Waals surface area (Å²) in [6.45, 7) is 10.4. The fraction of sp³-hybridized carbons (Fsp3) is 0.407. The summed E-state index contributed by atoms with van der Waals surface area (Å²) in [6, 6.07) is 13.0. The Morgan fingerprint density at radius 1 is 1.09 bits per heavy atom. The number of nitrogens with zero attached hydrogens (tertiary/aromatic N) is 1. The van der Waals surface area contributed by atoms with Crippen LogP contribution in [0.25, 0.3) is 22.2 Å². The van der Waals surface area contributed by atoms with Crippen molar-refractivity contribution in [1.29, 1.82) is 0 Å². The molecule has 0 unspecified atom stereocenters. The highest BCUT2D eigenvalue weighted by Gasteiger charge is 2.23. The molecule has 2 N–H and O–H groups in total. The lowest BCUT2D eigenvalue weighted by Crippen LogP contribution is -2.33. The molecule has 0 aliphatic carbocycles. The number of aromatic amines is 1. The third-order valence-electron chi connectivity index (χ3n) is 6.71. The van der Waals surface area contributed by atoms with Gasteiger partial charge >= 0.3 is 0 Å². The topological polar surface area (TPSA) is 57.7 Å². The normalized spacial score (nSPS) is 14.9. The summed E-state index contributed by atoms with van der Waals surface area (Å²) in [5, 5.41) is 10.7. The Hall–Kier alpha value is -2.92. The Morgan fingerprint density at radius 2 is 1.81 bits per heavy atom. The lowest BCUT2D eigenvalue weighted by Gasteiger charge is -2.34. The van der Waals surface area contributed by atoms with Crippen molar-refractivity contribution in [2.24, 2.45) is 0 Å². The van der Waals surface area contributed by atoms with Crippen LogP contribution in [0.15, 0.2) is 48.7 Å². The van der Waals surface area contributed by atoms with Gasteiger partial charge in [0.05, 0.1) is 26.5 Å². The lowest BCUT2D eigenvalue weighted by molar-refractivity contribution is 0.216. The molecule has 2 heterocycles. The summed E-state index contributed by atoms with van der Waals surface area (Å²) in [4.78, 5) is 5.87. The van der Waals surface area contributed by atoms with E-state index in [1.807, 2.05) is 12.1 Å². The maximum absolute atomic E-state index is 9.37. The average molecular weight is 435 g/mol. The van der Waals surface area contributed by atoms with E-state index in [2.05, 4.69) is 54.6 Å². The molecule has 1 aliphatic heterocycles. The van der Waals surface area contributed by atoms with E-state index in [1.165, 1.54) is 16.5 Å². The van der Waals surface area contributed by atoms with Crippen LogP contribution in [0.1, 0.15) is 49.7 Å². The van der Waals surface area contributed by atoms with Gasteiger partial charge in [-0.15, -0.1) is 0 Å². The molecule has 0 atom stereocenters. The quantitative estimate of drug-likeness (QED) is 0.504. The van der Waals surface area contributed by atoms with Crippen LogP contribution in [-0.2, 0) is 0 Å². The molecule has 0 saturated carbocycles. The zero-order valence-corrected chi connectivity index (χ0v) is 19.6. The van der Waals surface area contributed by atoms with Crippen LogP contribution in [0.3, 0.4) is 0 Å². The Morgan fingerprint density at radius 3 is 2.44 bits per heavy atom. The van der Waals surface area contributed by atoms with Gasteiger partial charge in [0.2, 0.25) is 0 Å². The van der Waals surface area contributed by atoms with Gasteiger partial charge in [0.15, 0.2) is 11.5 Å². The van der Waals surface area contributed by atoms with E-state index in [9.17, 15) is 5.11 Å². The van der Waals surface area contributed by atoms with E-state index in [1.54, 1.807) is 14.2 Å². The zero-order chi connectivity index (χ0) is 22.8. The average Bonchev–Trinajstić information content (AvgIpc) is 3.22. The number of likely N-dealkylation sites (tertiary alicyclic amines) is 1. The van der Waals surface area contributed by atoms with E-state index in [-0.39, 0.29) is 6.61 Å². The minimum absolute atomic E-state index is 0.0383. The predicted octanol–water partition coefficient (Wildman–Crippen LogP) is 5.66. The van der Waals surface area contributed by atoms with Gasteiger partial charge in [-0.05, 0) is 66.1 Å². The van der Waals surface area contributed by atoms with Crippen molar-refractivity contribution in [3.8, 4) is 22.8 Å². The SMILES string of the molecule is C=C(CO)N1CCC(c2ccc3[nH]c(-c4ccc(OC)c(OC)c4)c(C(C)C)c3c2)CC1. The van der Waals surface area contributed by atoms with Crippen LogP contribution >= 0.6 is 0 Å². The van der Waals surface area contributed by atoms with E-state index in [0.29, 0.717) is 11.8 Å². The molecular formula is C27H34N2O3. The van der Waals surface area contributed by atoms with E-state index < -0.39 is 0 Å². The molecule has 3 aromatic rings. The first-order valence-corrected chi connectivity index (χ1v) is 11.4. The second kappa shape index (κ2) is 9.29. The Balaban J connectivity index is 1.70. The standard InChI is InChI=1S/C27H34N2O3/c1-17(2)26-22-14-20(19-10-12-29(13-11-19)18(3)16-30)6-8-23(22)28-27(26)21-7-9-24(31-4)25(15-21)32-5/h6-9,14-15,17,19,28,30H,3,10-13,16H2,1-2,4-5H3. The van der Waals surface area contributed by atoms with Crippen LogP contribution in [0.2, 0.25) is 0 Å². The summed E-state index contributed by atoms with van der Waals surface area (Å²) in [7, 11) is 3.33. The number of hydrogen-bond donors (Lipinski definition) is 2. The molecule has 2 aromatic carbocycles. The molecule has 5 nitrogen and oxygen atoms in total. The number of piperidine rings is 1.